The van der Waals surface area contributed by atoms with Crippen LogP contribution < -0.4 is 5.32 Å². The summed E-state index contributed by atoms with van der Waals surface area (Å²) in [5.41, 5.74) is -0.0603. The SMILES string of the molecule is CC(C)(C)NC(=O)CN1C2CC1CN(Cc1nc3c(F)ccc(F)c3[nH]1)C2. The van der Waals surface area contributed by atoms with Gasteiger partial charge in [-0.15, -0.1) is 0 Å². The number of rotatable bonds is 4. The molecule has 8 heteroatoms. The standard InChI is InChI=1S/C19H25F2N5O/c1-19(2,3)24-16(27)10-26-11-6-12(26)8-25(7-11)9-15-22-17-13(20)4-5-14(21)18(17)23-15/h4-5,11-12H,6-10H2,1-3H3,(H,22,23)(H,24,27). The fraction of sp³-hybridized carbons (Fsp3) is 0.579. The molecule has 1 aromatic heterocycles. The molecule has 146 valence electrons. The summed E-state index contributed by atoms with van der Waals surface area (Å²) >= 11 is 0. The fourth-order valence-electron chi connectivity index (χ4n) is 4.15. The maximum absolute atomic E-state index is 13.8. The molecule has 0 radical (unpaired) electrons. The van der Waals surface area contributed by atoms with E-state index in [-0.39, 0.29) is 22.5 Å². The molecular weight excluding hydrogens is 352 g/mol. The molecule has 2 N–H and O–H groups in total. The van der Waals surface area contributed by atoms with E-state index in [1.54, 1.807) is 0 Å². The Morgan fingerprint density at radius 1 is 1.26 bits per heavy atom. The number of carbonyl (C=O) groups excluding carboxylic acids is 1. The Morgan fingerprint density at radius 3 is 2.56 bits per heavy atom. The van der Waals surface area contributed by atoms with Crippen LogP contribution in [0.2, 0.25) is 0 Å². The van der Waals surface area contributed by atoms with Crippen molar-refractivity contribution in [1.82, 2.24) is 25.1 Å². The molecule has 6 nitrogen and oxygen atoms in total. The smallest absolute Gasteiger partial charge is 0.234 e. The van der Waals surface area contributed by atoms with Crippen LogP contribution in [0.3, 0.4) is 0 Å². The summed E-state index contributed by atoms with van der Waals surface area (Å²) in [7, 11) is 0. The summed E-state index contributed by atoms with van der Waals surface area (Å²) in [6, 6.07) is 2.88. The molecular formula is C19H25F2N5O. The van der Waals surface area contributed by atoms with Gasteiger partial charge in [0.1, 0.15) is 22.7 Å². The summed E-state index contributed by atoms with van der Waals surface area (Å²) in [5.74, 6) is -0.407. The van der Waals surface area contributed by atoms with Crippen LogP contribution in [-0.4, -0.2) is 62.9 Å². The molecule has 3 aliphatic rings. The lowest BCUT2D eigenvalue weighted by atomic mass is 9.87. The Hall–Kier alpha value is -2.06. The van der Waals surface area contributed by atoms with Crippen LogP contribution in [0, 0.1) is 11.6 Å². The topological polar surface area (TPSA) is 64.3 Å². The molecule has 4 heterocycles. The highest BCUT2D eigenvalue weighted by molar-refractivity contribution is 5.79. The first-order valence-corrected chi connectivity index (χ1v) is 9.31. The maximum atomic E-state index is 13.8. The van der Waals surface area contributed by atoms with Crippen LogP contribution in [0.1, 0.15) is 33.0 Å². The van der Waals surface area contributed by atoms with Crippen molar-refractivity contribution >= 4 is 16.9 Å². The lowest BCUT2D eigenvalue weighted by Crippen LogP contribution is -2.69. The fourth-order valence-corrected chi connectivity index (χ4v) is 4.15. The zero-order chi connectivity index (χ0) is 19.3. The number of piperazine rings is 1. The maximum Gasteiger partial charge on any atom is 0.234 e. The third-order valence-corrected chi connectivity index (χ3v) is 5.23. The lowest BCUT2D eigenvalue weighted by Gasteiger charge is -2.56. The Kier molecular flexibility index (Phi) is 4.43. The van der Waals surface area contributed by atoms with E-state index in [0.717, 1.165) is 31.6 Å². The van der Waals surface area contributed by atoms with Gasteiger partial charge in [-0.25, -0.2) is 13.8 Å². The van der Waals surface area contributed by atoms with Crippen molar-refractivity contribution in [2.75, 3.05) is 19.6 Å². The van der Waals surface area contributed by atoms with Gasteiger partial charge in [-0.1, -0.05) is 0 Å². The van der Waals surface area contributed by atoms with Gasteiger partial charge in [0.15, 0.2) is 5.82 Å². The Balaban J connectivity index is 1.37. The molecule has 2 unspecified atom stereocenters. The second-order valence-electron chi connectivity index (χ2n) is 8.64. The number of nitrogens with zero attached hydrogens (tertiary/aromatic N) is 3. The van der Waals surface area contributed by atoms with Crippen molar-refractivity contribution < 1.29 is 13.6 Å². The van der Waals surface area contributed by atoms with Crippen LogP contribution in [0.25, 0.3) is 11.0 Å². The van der Waals surface area contributed by atoms with Gasteiger partial charge in [0, 0.05) is 30.7 Å². The number of carbonyl (C=O) groups is 1. The number of amides is 1. The van der Waals surface area contributed by atoms with Gasteiger partial charge in [-0.2, -0.15) is 0 Å². The quantitative estimate of drug-likeness (QED) is 0.856. The number of piperidine rings is 1. The Labute approximate surface area is 156 Å². The van der Waals surface area contributed by atoms with E-state index >= 15 is 0 Å². The van der Waals surface area contributed by atoms with E-state index in [0.29, 0.717) is 31.0 Å². The van der Waals surface area contributed by atoms with Gasteiger partial charge >= 0.3 is 0 Å². The van der Waals surface area contributed by atoms with Crippen molar-refractivity contribution in [3.63, 3.8) is 0 Å². The molecule has 3 saturated heterocycles. The minimum atomic E-state index is -0.522. The molecule has 3 fully saturated rings. The highest BCUT2D eigenvalue weighted by Gasteiger charge is 2.45. The number of benzene rings is 1. The number of aromatic amines is 1. The van der Waals surface area contributed by atoms with Gasteiger partial charge in [0.05, 0.1) is 13.1 Å². The number of hydrogen-bond donors (Lipinski definition) is 2. The van der Waals surface area contributed by atoms with Crippen LogP contribution >= 0.6 is 0 Å². The summed E-state index contributed by atoms with van der Waals surface area (Å²) in [4.78, 5) is 23.8. The largest absolute Gasteiger partial charge is 0.350 e. The average molecular weight is 377 g/mol. The van der Waals surface area contributed by atoms with Gasteiger partial charge in [-0.05, 0) is 39.3 Å². The Bertz CT molecular complexity index is 824. The van der Waals surface area contributed by atoms with Crippen LogP contribution in [0.5, 0.6) is 0 Å². The van der Waals surface area contributed by atoms with Gasteiger partial charge in [-0.3, -0.25) is 14.6 Å². The number of imidazole rings is 1. The summed E-state index contributed by atoms with van der Waals surface area (Å²) in [6.07, 6.45) is 1.09. The van der Waals surface area contributed by atoms with Crippen LogP contribution in [0.15, 0.2) is 12.1 Å². The molecule has 0 aliphatic carbocycles. The second kappa shape index (κ2) is 6.53. The van der Waals surface area contributed by atoms with E-state index < -0.39 is 11.6 Å². The monoisotopic (exact) mass is 377 g/mol. The zero-order valence-corrected chi connectivity index (χ0v) is 15.9. The van der Waals surface area contributed by atoms with Crippen molar-refractivity contribution in [1.29, 1.82) is 0 Å². The number of fused-ring (bicyclic) bond motifs is 3. The molecule has 2 atom stereocenters. The second-order valence-corrected chi connectivity index (χ2v) is 8.64. The van der Waals surface area contributed by atoms with Crippen molar-refractivity contribution in [3.05, 3.63) is 29.6 Å². The van der Waals surface area contributed by atoms with Crippen molar-refractivity contribution in [3.8, 4) is 0 Å². The van der Waals surface area contributed by atoms with Gasteiger partial charge in [0.2, 0.25) is 5.91 Å². The zero-order valence-electron chi connectivity index (χ0n) is 15.9. The van der Waals surface area contributed by atoms with Gasteiger partial charge < -0.3 is 10.3 Å². The molecule has 0 saturated carbocycles. The number of nitrogens with one attached hydrogen (secondary N) is 2. The predicted molar refractivity (Wildman–Crippen MR) is 98.1 cm³/mol. The molecule has 2 aromatic rings. The summed E-state index contributed by atoms with van der Waals surface area (Å²) in [5, 5.41) is 3.00. The third kappa shape index (κ3) is 3.68. The first kappa shape index (κ1) is 18.3. The first-order valence-electron chi connectivity index (χ1n) is 9.31. The molecule has 1 amide bonds. The molecule has 3 aliphatic heterocycles. The molecule has 0 spiro atoms. The molecule has 27 heavy (non-hydrogen) atoms. The molecule has 1 aromatic carbocycles. The van der Waals surface area contributed by atoms with Gasteiger partial charge in [0.25, 0.3) is 0 Å². The highest BCUT2D eigenvalue weighted by atomic mass is 19.1. The van der Waals surface area contributed by atoms with Crippen molar-refractivity contribution in [2.24, 2.45) is 0 Å². The summed E-state index contributed by atoms with van der Waals surface area (Å²) < 4.78 is 27.6. The van der Waals surface area contributed by atoms with E-state index in [1.807, 2.05) is 20.8 Å². The number of H-pyrrole nitrogens is 1. The molecule has 2 bridgehead atoms. The summed E-state index contributed by atoms with van der Waals surface area (Å²) in [6.45, 7) is 8.50. The normalized spacial score (nSPS) is 23.4. The number of hydrogen-bond acceptors (Lipinski definition) is 4. The minimum absolute atomic E-state index is 0.0487. The predicted octanol–water partition coefficient (Wildman–Crippen LogP) is 2.01. The molecule has 5 rings (SSSR count). The van der Waals surface area contributed by atoms with E-state index in [1.165, 1.54) is 0 Å². The number of aromatic nitrogens is 2. The lowest BCUT2D eigenvalue weighted by molar-refractivity contribution is -0.132. The third-order valence-electron chi connectivity index (χ3n) is 5.23. The minimum Gasteiger partial charge on any atom is -0.350 e. The number of halogens is 2. The van der Waals surface area contributed by atoms with E-state index in [4.69, 9.17) is 0 Å². The van der Waals surface area contributed by atoms with E-state index in [2.05, 4.69) is 25.1 Å². The Morgan fingerprint density at radius 2 is 1.93 bits per heavy atom. The first-order chi connectivity index (χ1) is 12.7. The highest BCUT2D eigenvalue weighted by Crippen LogP contribution is 2.32. The van der Waals surface area contributed by atoms with Crippen LogP contribution in [0.4, 0.5) is 8.78 Å². The average Bonchev–Trinajstić information content (AvgIpc) is 3.00. The van der Waals surface area contributed by atoms with E-state index in [9.17, 15) is 13.6 Å². The van der Waals surface area contributed by atoms with Crippen molar-refractivity contribution in [2.45, 2.75) is 51.4 Å². The van der Waals surface area contributed by atoms with Crippen LogP contribution in [-0.2, 0) is 11.3 Å².